The van der Waals surface area contributed by atoms with Crippen molar-refractivity contribution in [3.8, 4) is 0 Å². The molecule has 2 heterocycles. The molecular formula is C12H11FN2O2S. The molecule has 18 heavy (non-hydrogen) atoms. The number of aliphatic hydroxyl groups is 1. The van der Waals surface area contributed by atoms with E-state index in [0.717, 1.165) is 4.70 Å². The molecule has 3 rings (SSSR count). The second-order valence-corrected chi connectivity index (χ2v) is 5.37. The minimum Gasteiger partial charge on any atom is -0.396 e. The van der Waals surface area contributed by atoms with Gasteiger partial charge in [-0.05, 0) is 18.2 Å². The first-order valence-electron chi connectivity index (χ1n) is 5.64. The normalized spacial score (nSPS) is 20.0. The summed E-state index contributed by atoms with van der Waals surface area (Å²) >= 11 is 1.30. The Bertz CT molecular complexity index is 613. The van der Waals surface area contributed by atoms with Gasteiger partial charge in [-0.25, -0.2) is 9.37 Å². The Labute approximate surface area is 107 Å². The van der Waals surface area contributed by atoms with Crippen LogP contribution >= 0.6 is 11.3 Å². The maximum absolute atomic E-state index is 13.1. The van der Waals surface area contributed by atoms with Crippen molar-refractivity contribution in [2.24, 2.45) is 5.92 Å². The van der Waals surface area contributed by atoms with E-state index < -0.39 is 0 Å². The van der Waals surface area contributed by atoms with Crippen LogP contribution in [0.5, 0.6) is 0 Å². The second-order valence-electron chi connectivity index (χ2n) is 4.37. The summed E-state index contributed by atoms with van der Waals surface area (Å²) in [6.07, 6.45) is 0.348. The average Bonchev–Trinajstić information content (AvgIpc) is 2.91. The van der Waals surface area contributed by atoms with Crippen LogP contribution in [0.1, 0.15) is 6.42 Å². The van der Waals surface area contributed by atoms with Crippen LogP contribution in [0, 0.1) is 11.7 Å². The number of aliphatic hydroxyl groups excluding tert-OH is 1. The van der Waals surface area contributed by atoms with Crippen LogP contribution in [0.2, 0.25) is 0 Å². The van der Waals surface area contributed by atoms with Gasteiger partial charge in [0, 0.05) is 25.5 Å². The first-order valence-corrected chi connectivity index (χ1v) is 6.46. The first-order chi connectivity index (χ1) is 8.67. The van der Waals surface area contributed by atoms with Crippen LogP contribution in [-0.2, 0) is 4.79 Å². The van der Waals surface area contributed by atoms with E-state index in [1.807, 2.05) is 0 Å². The highest BCUT2D eigenvalue weighted by Gasteiger charge is 2.31. The van der Waals surface area contributed by atoms with Crippen molar-refractivity contribution in [3.05, 3.63) is 24.0 Å². The quantitative estimate of drug-likeness (QED) is 0.901. The molecule has 1 aromatic heterocycles. The van der Waals surface area contributed by atoms with E-state index in [2.05, 4.69) is 4.98 Å². The molecule has 1 N–H and O–H groups in total. The van der Waals surface area contributed by atoms with E-state index in [9.17, 15) is 9.18 Å². The standard InChI is InChI=1S/C12H11FN2O2S/c13-8-1-2-9-10(4-8)18-12(14-9)15-5-7(6-16)3-11(15)17/h1-2,4,7,16H,3,5-6H2. The van der Waals surface area contributed by atoms with Gasteiger partial charge >= 0.3 is 0 Å². The summed E-state index contributed by atoms with van der Waals surface area (Å²) in [5.41, 5.74) is 0.691. The molecule has 1 amide bonds. The molecule has 94 valence electrons. The van der Waals surface area contributed by atoms with Gasteiger partial charge in [0.15, 0.2) is 5.13 Å². The molecular weight excluding hydrogens is 255 g/mol. The van der Waals surface area contributed by atoms with Gasteiger partial charge in [0.2, 0.25) is 5.91 Å². The number of hydrogen-bond acceptors (Lipinski definition) is 4. The highest BCUT2D eigenvalue weighted by atomic mass is 32.1. The van der Waals surface area contributed by atoms with Gasteiger partial charge in [-0.15, -0.1) is 0 Å². The van der Waals surface area contributed by atoms with Crippen molar-refractivity contribution in [2.75, 3.05) is 18.1 Å². The van der Waals surface area contributed by atoms with Crippen molar-refractivity contribution in [2.45, 2.75) is 6.42 Å². The number of halogens is 1. The summed E-state index contributed by atoms with van der Waals surface area (Å²) in [6, 6.07) is 4.38. The molecule has 0 aliphatic carbocycles. The van der Waals surface area contributed by atoms with Gasteiger partial charge in [-0.1, -0.05) is 11.3 Å². The molecule has 0 spiro atoms. The topological polar surface area (TPSA) is 53.4 Å². The minimum absolute atomic E-state index is 0.00175. The minimum atomic E-state index is -0.307. The number of nitrogens with zero attached hydrogens (tertiary/aromatic N) is 2. The first kappa shape index (κ1) is 11.6. The van der Waals surface area contributed by atoms with E-state index in [0.29, 0.717) is 23.6 Å². The molecule has 0 saturated carbocycles. The summed E-state index contributed by atoms with van der Waals surface area (Å²) in [5.74, 6) is -0.367. The number of fused-ring (bicyclic) bond motifs is 1. The van der Waals surface area contributed by atoms with E-state index in [1.54, 1.807) is 11.0 Å². The van der Waals surface area contributed by atoms with E-state index in [1.165, 1.54) is 23.5 Å². The average molecular weight is 266 g/mol. The van der Waals surface area contributed by atoms with Crippen molar-refractivity contribution in [3.63, 3.8) is 0 Å². The number of hydrogen-bond donors (Lipinski definition) is 1. The molecule has 6 heteroatoms. The third kappa shape index (κ3) is 1.87. The van der Waals surface area contributed by atoms with Crippen molar-refractivity contribution in [1.29, 1.82) is 0 Å². The highest BCUT2D eigenvalue weighted by molar-refractivity contribution is 7.22. The largest absolute Gasteiger partial charge is 0.396 e. The van der Waals surface area contributed by atoms with Crippen molar-refractivity contribution >= 4 is 32.6 Å². The van der Waals surface area contributed by atoms with Gasteiger partial charge in [-0.2, -0.15) is 0 Å². The van der Waals surface area contributed by atoms with Gasteiger partial charge < -0.3 is 5.11 Å². The van der Waals surface area contributed by atoms with Crippen LogP contribution in [0.3, 0.4) is 0 Å². The maximum Gasteiger partial charge on any atom is 0.229 e. The summed E-state index contributed by atoms with van der Waals surface area (Å²) in [6.45, 7) is 0.486. The van der Waals surface area contributed by atoms with E-state index in [4.69, 9.17) is 5.11 Å². The number of rotatable bonds is 2. The lowest BCUT2D eigenvalue weighted by Gasteiger charge is -2.11. The molecule has 1 fully saturated rings. The number of amides is 1. The number of thiazole rings is 1. The van der Waals surface area contributed by atoms with E-state index in [-0.39, 0.29) is 24.2 Å². The lowest BCUT2D eigenvalue weighted by atomic mass is 10.1. The number of anilines is 1. The SMILES string of the molecule is O=C1CC(CO)CN1c1nc2ccc(F)cc2s1. The summed E-state index contributed by atoms with van der Waals surface area (Å²) in [5, 5.41) is 9.66. The monoisotopic (exact) mass is 266 g/mol. The maximum atomic E-state index is 13.1. The van der Waals surface area contributed by atoms with Crippen LogP contribution in [0.4, 0.5) is 9.52 Å². The van der Waals surface area contributed by atoms with Crippen LogP contribution < -0.4 is 4.90 Å². The number of carbonyl (C=O) groups excluding carboxylic acids is 1. The van der Waals surface area contributed by atoms with Crippen LogP contribution in [0.25, 0.3) is 10.2 Å². The zero-order valence-corrected chi connectivity index (χ0v) is 10.3. The summed E-state index contributed by atoms with van der Waals surface area (Å²) in [7, 11) is 0. The number of aromatic nitrogens is 1. The predicted octanol–water partition coefficient (Wildman–Crippen LogP) is 1.78. The molecule has 0 bridgehead atoms. The highest BCUT2D eigenvalue weighted by Crippen LogP contribution is 2.32. The molecule has 1 unspecified atom stereocenters. The Morgan fingerprint density at radius 2 is 2.39 bits per heavy atom. The predicted molar refractivity (Wildman–Crippen MR) is 67.1 cm³/mol. The van der Waals surface area contributed by atoms with Crippen LogP contribution in [0.15, 0.2) is 18.2 Å². The van der Waals surface area contributed by atoms with Gasteiger partial charge in [0.05, 0.1) is 10.2 Å². The van der Waals surface area contributed by atoms with Gasteiger partial charge in [0.1, 0.15) is 5.82 Å². The van der Waals surface area contributed by atoms with Crippen molar-refractivity contribution in [1.82, 2.24) is 4.98 Å². The molecule has 2 aromatic rings. The molecule has 1 aliphatic heterocycles. The Kier molecular flexibility index (Phi) is 2.76. The lowest BCUT2D eigenvalue weighted by Crippen LogP contribution is -2.24. The van der Waals surface area contributed by atoms with Gasteiger partial charge in [-0.3, -0.25) is 9.69 Å². The summed E-state index contributed by atoms with van der Waals surface area (Å²) < 4.78 is 13.8. The fraction of sp³-hybridized carbons (Fsp3) is 0.333. The number of carbonyl (C=O) groups is 1. The third-order valence-corrected chi connectivity index (χ3v) is 4.07. The zero-order chi connectivity index (χ0) is 12.7. The fourth-order valence-corrected chi connectivity index (χ4v) is 3.11. The van der Waals surface area contributed by atoms with E-state index >= 15 is 0 Å². The fourth-order valence-electron chi connectivity index (χ4n) is 2.09. The lowest BCUT2D eigenvalue weighted by molar-refractivity contribution is -0.117. The summed E-state index contributed by atoms with van der Waals surface area (Å²) in [4.78, 5) is 17.7. The zero-order valence-electron chi connectivity index (χ0n) is 9.47. The van der Waals surface area contributed by atoms with Crippen molar-refractivity contribution < 1.29 is 14.3 Å². The number of benzene rings is 1. The van der Waals surface area contributed by atoms with Crippen LogP contribution in [-0.4, -0.2) is 29.1 Å². The molecule has 0 radical (unpaired) electrons. The van der Waals surface area contributed by atoms with Gasteiger partial charge in [0.25, 0.3) is 0 Å². The Morgan fingerprint density at radius 1 is 1.56 bits per heavy atom. The Hall–Kier alpha value is -1.53. The molecule has 1 aliphatic rings. The Morgan fingerprint density at radius 3 is 3.11 bits per heavy atom. The smallest absolute Gasteiger partial charge is 0.229 e. The molecule has 1 aromatic carbocycles. The second kappa shape index (κ2) is 4.29. The molecule has 4 nitrogen and oxygen atoms in total. The Balaban J connectivity index is 1.97. The third-order valence-electron chi connectivity index (χ3n) is 3.03. The molecule has 1 saturated heterocycles. The molecule has 1 atom stereocenters.